The van der Waals surface area contributed by atoms with E-state index in [-0.39, 0.29) is 29.3 Å². The molecule has 9 heteroatoms. The zero-order valence-corrected chi connectivity index (χ0v) is 21.2. The summed E-state index contributed by atoms with van der Waals surface area (Å²) in [5.41, 5.74) is 3.68. The Morgan fingerprint density at radius 3 is 2.57 bits per heavy atom. The van der Waals surface area contributed by atoms with Crippen LogP contribution in [0, 0.1) is 29.0 Å². The van der Waals surface area contributed by atoms with Crippen molar-refractivity contribution < 1.29 is 17.9 Å². The van der Waals surface area contributed by atoms with Crippen LogP contribution in [-0.2, 0) is 10.2 Å². The lowest BCUT2D eigenvalue weighted by molar-refractivity contribution is -0.134. The number of aliphatic hydroxyl groups is 1. The molecule has 4 saturated carbocycles. The second-order valence-corrected chi connectivity index (χ2v) is 13.1. The summed E-state index contributed by atoms with van der Waals surface area (Å²) in [5.74, 6) is 0.513. The lowest BCUT2D eigenvalue weighted by atomic mass is 9.46. The Bertz CT molecular complexity index is 1420. The maximum atomic E-state index is 13.2. The molecule has 8 rings (SSSR count). The zero-order chi connectivity index (χ0) is 25.4. The summed E-state index contributed by atoms with van der Waals surface area (Å²) in [4.78, 5) is 4.36. The van der Waals surface area contributed by atoms with Gasteiger partial charge in [-0.3, -0.25) is 4.72 Å². The first kappa shape index (κ1) is 23.4. The van der Waals surface area contributed by atoms with E-state index in [9.17, 15) is 17.9 Å². The second kappa shape index (κ2) is 8.38. The van der Waals surface area contributed by atoms with E-state index in [2.05, 4.69) is 37.2 Å². The fourth-order valence-electron chi connectivity index (χ4n) is 8.20. The first-order valence-electron chi connectivity index (χ1n) is 13.2. The molecule has 37 heavy (non-hydrogen) atoms. The number of hydrogen-bond acceptors (Lipinski definition) is 4. The fraction of sp³-hybridized carbons (Fsp3) is 0.464. The molecule has 4 aliphatic carbocycles. The van der Waals surface area contributed by atoms with Crippen molar-refractivity contribution in [3.8, 4) is 11.3 Å². The van der Waals surface area contributed by atoms with Gasteiger partial charge in [0.05, 0.1) is 30.4 Å². The van der Waals surface area contributed by atoms with Crippen LogP contribution in [0.15, 0.2) is 61.1 Å². The SMILES string of the molecule is O=S(=O)(Nc1ccc(F)cc1)NC1C2CC3CC1CC(C(O)CC1c4ccccc4-c4cncn41)(C3)C2. The van der Waals surface area contributed by atoms with Gasteiger partial charge in [-0.2, -0.15) is 13.1 Å². The zero-order valence-electron chi connectivity index (χ0n) is 20.4. The Morgan fingerprint density at radius 1 is 1.08 bits per heavy atom. The number of imidazole rings is 1. The highest BCUT2D eigenvalue weighted by molar-refractivity contribution is 7.90. The Morgan fingerprint density at radius 2 is 1.81 bits per heavy atom. The Balaban J connectivity index is 1.09. The third kappa shape index (κ3) is 3.90. The molecular weight excluding hydrogens is 491 g/mol. The van der Waals surface area contributed by atoms with E-state index in [1.807, 2.05) is 18.6 Å². The molecule has 7 nitrogen and oxygen atoms in total. The Labute approximate surface area is 216 Å². The predicted octanol–water partition coefficient (Wildman–Crippen LogP) is 4.48. The summed E-state index contributed by atoms with van der Waals surface area (Å²) in [6, 6.07) is 13.6. The fourth-order valence-corrected chi connectivity index (χ4v) is 9.45. The van der Waals surface area contributed by atoms with Crippen molar-refractivity contribution in [1.82, 2.24) is 14.3 Å². The van der Waals surface area contributed by atoms with Crippen molar-refractivity contribution in [2.75, 3.05) is 4.72 Å². The minimum atomic E-state index is -3.81. The van der Waals surface area contributed by atoms with Gasteiger partial charge in [0, 0.05) is 17.3 Å². The maximum Gasteiger partial charge on any atom is 0.299 e. The van der Waals surface area contributed by atoms with Crippen LogP contribution >= 0.6 is 0 Å². The van der Waals surface area contributed by atoms with Gasteiger partial charge in [0.1, 0.15) is 5.82 Å². The number of anilines is 1. The molecule has 0 saturated heterocycles. The molecule has 194 valence electrons. The van der Waals surface area contributed by atoms with Crippen molar-refractivity contribution in [2.24, 2.45) is 23.2 Å². The van der Waals surface area contributed by atoms with Crippen LogP contribution < -0.4 is 9.44 Å². The Hall–Kier alpha value is -2.75. The highest BCUT2D eigenvalue weighted by Gasteiger charge is 2.58. The van der Waals surface area contributed by atoms with Crippen LogP contribution in [0.25, 0.3) is 11.3 Å². The molecular formula is C28H31FN4O3S. The van der Waals surface area contributed by atoms with Crippen LogP contribution in [0.4, 0.5) is 10.1 Å². The molecule has 4 fully saturated rings. The number of fused-ring (bicyclic) bond motifs is 3. The van der Waals surface area contributed by atoms with E-state index in [4.69, 9.17) is 0 Å². The van der Waals surface area contributed by atoms with E-state index in [1.54, 1.807) is 0 Å². The summed E-state index contributed by atoms with van der Waals surface area (Å²) >= 11 is 0. The van der Waals surface area contributed by atoms with Crippen molar-refractivity contribution in [3.63, 3.8) is 0 Å². The van der Waals surface area contributed by atoms with Crippen molar-refractivity contribution in [2.45, 2.75) is 56.7 Å². The summed E-state index contributed by atoms with van der Waals surface area (Å²) < 4.78 is 46.8. The lowest BCUT2D eigenvalue weighted by Gasteiger charge is -2.61. The van der Waals surface area contributed by atoms with Gasteiger partial charge < -0.3 is 9.67 Å². The van der Waals surface area contributed by atoms with Gasteiger partial charge in [0.25, 0.3) is 10.2 Å². The van der Waals surface area contributed by atoms with Crippen LogP contribution in [-0.4, -0.2) is 35.2 Å². The van der Waals surface area contributed by atoms with E-state index in [1.165, 1.54) is 35.4 Å². The van der Waals surface area contributed by atoms with Gasteiger partial charge in [-0.15, -0.1) is 0 Å². The summed E-state index contributed by atoms with van der Waals surface area (Å²) in [5, 5.41) is 11.8. The molecule has 3 N–H and O–H groups in total. The van der Waals surface area contributed by atoms with Gasteiger partial charge >= 0.3 is 0 Å². The first-order valence-corrected chi connectivity index (χ1v) is 14.6. The Kier molecular flexibility index (Phi) is 5.29. The first-order chi connectivity index (χ1) is 17.8. The molecule has 0 radical (unpaired) electrons. The maximum absolute atomic E-state index is 13.2. The average molecular weight is 523 g/mol. The molecule has 4 atom stereocenters. The number of nitrogens with zero attached hydrogens (tertiary/aromatic N) is 2. The molecule has 2 aromatic carbocycles. The molecule has 3 aromatic rings. The lowest BCUT2D eigenvalue weighted by Crippen LogP contribution is -2.62. The number of aliphatic hydroxyl groups excluding tert-OH is 1. The van der Waals surface area contributed by atoms with Crippen LogP contribution in [0.2, 0.25) is 0 Å². The number of hydrogen-bond donors (Lipinski definition) is 3. The minimum absolute atomic E-state index is 0.0610. The second-order valence-electron chi connectivity index (χ2n) is 11.6. The number of rotatable bonds is 7. The normalized spacial score (nSPS) is 32.2. The monoisotopic (exact) mass is 522 g/mol. The van der Waals surface area contributed by atoms with E-state index in [0.29, 0.717) is 18.0 Å². The molecule has 0 spiro atoms. The summed E-state index contributed by atoms with van der Waals surface area (Å²) in [6.07, 6.45) is 8.58. The van der Waals surface area contributed by atoms with Crippen LogP contribution in [0.3, 0.4) is 0 Å². The van der Waals surface area contributed by atoms with Gasteiger partial charge in [-0.25, -0.2) is 9.37 Å². The number of nitrogens with one attached hydrogen (secondary N) is 2. The van der Waals surface area contributed by atoms with Crippen LogP contribution in [0.1, 0.15) is 50.1 Å². The molecule has 5 aliphatic rings. The molecule has 4 unspecified atom stereocenters. The largest absolute Gasteiger partial charge is 0.392 e. The van der Waals surface area contributed by atoms with E-state index >= 15 is 0 Å². The van der Waals surface area contributed by atoms with Crippen molar-refractivity contribution in [1.29, 1.82) is 0 Å². The average Bonchev–Trinajstić information content (AvgIpc) is 3.45. The van der Waals surface area contributed by atoms with Gasteiger partial charge in [-0.05, 0) is 91.5 Å². The number of halogens is 1. The van der Waals surface area contributed by atoms with E-state index < -0.39 is 22.1 Å². The van der Waals surface area contributed by atoms with Crippen molar-refractivity contribution in [3.05, 3.63) is 72.4 Å². The van der Waals surface area contributed by atoms with Gasteiger partial charge in [-0.1, -0.05) is 24.3 Å². The topological polar surface area (TPSA) is 96.2 Å². The third-order valence-corrected chi connectivity index (χ3v) is 10.5. The smallest absolute Gasteiger partial charge is 0.299 e. The molecule has 1 aliphatic heterocycles. The van der Waals surface area contributed by atoms with Gasteiger partial charge in [0.2, 0.25) is 0 Å². The van der Waals surface area contributed by atoms with Crippen LogP contribution in [0.5, 0.6) is 0 Å². The molecule has 1 aromatic heterocycles. The van der Waals surface area contributed by atoms with Crippen molar-refractivity contribution >= 4 is 15.9 Å². The number of benzene rings is 2. The molecule has 2 heterocycles. The minimum Gasteiger partial charge on any atom is -0.392 e. The number of aromatic nitrogens is 2. The standard InChI is InChI=1S/C28H31FN4O3S/c29-20-5-7-21(8-6-20)31-37(35,36)32-27-18-9-17-10-19(27)14-28(12-17,13-18)26(34)11-24-22-3-1-2-4-23(22)25-15-30-16-33(24)25/h1-8,15-19,24,26-27,31-32,34H,9-14H2. The van der Waals surface area contributed by atoms with E-state index in [0.717, 1.165) is 37.8 Å². The highest BCUT2D eigenvalue weighted by atomic mass is 32.2. The third-order valence-electron chi connectivity index (χ3n) is 9.46. The summed E-state index contributed by atoms with van der Waals surface area (Å²) in [7, 11) is -3.81. The highest BCUT2D eigenvalue weighted by Crippen LogP contribution is 2.62. The summed E-state index contributed by atoms with van der Waals surface area (Å²) in [6.45, 7) is 0. The molecule has 0 amide bonds. The molecule has 4 bridgehead atoms. The van der Waals surface area contributed by atoms with Gasteiger partial charge in [0.15, 0.2) is 0 Å². The quantitative estimate of drug-likeness (QED) is 0.426. The predicted molar refractivity (Wildman–Crippen MR) is 138 cm³/mol.